The molecule has 1 heterocycles. The molecule has 4 nitrogen and oxygen atoms in total. The lowest BCUT2D eigenvalue weighted by Gasteiger charge is -2.24. The molecule has 1 atom stereocenters. The zero-order chi connectivity index (χ0) is 14.5. The van der Waals surface area contributed by atoms with Gasteiger partial charge in [-0.2, -0.15) is 0 Å². The molecule has 0 amide bonds. The molecule has 1 unspecified atom stereocenters. The van der Waals surface area contributed by atoms with E-state index < -0.39 is 0 Å². The van der Waals surface area contributed by atoms with Gasteiger partial charge in [0.25, 0.3) is 0 Å². The summed E-state index contributed by atoms with van der Waals surface area (Å²) in [5, 5.41) is 13.6. The highest BCUT2D eigenvalue weighted by atomic mass is 16.3. The van der Waals surface area contributed by atoms with Crippen LogP contribution in [0.4, 0.5) is 5.69 Å². The number of aromatic hydroxyl groups is 1. The Morgan fingerprint density at radius 3 is 2.75 bits per heavy atom. The molecule has 2 rings (SSSR count). The number of phenols is 1. The van der Waals surface area contributed by atoms with E-state index in [1.54, 1.807) is 0 Å². The predicted octanol–water partition coefficient (Wildman–Crippen LogP) is 2.20. The maximum Gasteiger partial charge on any atom is 0.122 e. The van der Waals surface area contributed by atoms with E-state index in [2.05, 4.69) is 42.1 Å². The van der Waals surface area contributed by atoms with E-state index in [1.807, 2.05) is 12.1 Å². The number of nitrogens with zero attached hydrogens (tertiary/aromatic N) is 2. The monoisotopic (exact) mass is 277 g/mol. The molecule has 1 aliphatic rings. The lowest BCUT2D eigenvalue weighted by molar-refractivity contribution is 0.360. The van der Waals surface area contributed by atoms with Crippen LogP contribution in [0.2, 0.25) is 0 Å². The molecule has 0 bridgehead atoms. The van der Waals surface area contributed by atoms with Crippen molar-refractivity contribution in [3.63, 3.8) is 0 Å². The number of likely N-dealkylation sites (N-methyl/N-ethyl adjacent to an activating group) is 1. The summed E-state index contributed by atoms with van der Waals surface area (Å²) in [5.74, 6) is 0.397. The predicted molar refractivity (Wildman–Crippen MR) is 84.5 cm³/mol. The molecule has 1 aliphatic heterocycles. The summed E-state index contributed by atoms with van der Waals surface area (Å²) in [7, 11) is 2.17. The van der Waals surface area contributed by atoms with Gasteiger partial charge in [0, 0.05) is 43.0 Å². The summed E-state index contributed by atoms with van der Waals surface area (Å²) in [5.41, 5.74) is 2.10. The van der Waals surface area contributed by atoms with Gasteiger partial charge in [0.05, 0.1) is 0 Å². The average Bonchev–Trinajstić information content (AvgIpc) is 2.63. The lowest BCUT2D eigenvalue weighted by atomic mass is 10.1. The molecule has 0 aromatic heterocycles. The maximum atomic E-state index is 10.3. The number of rotatable bonds is 4. The van der Waals surface area contributed by atoms with Gasteiger partial charge in [-0.25, -0.2) is 0 Å². The molecule has 1 saturated heterocycles. The third kappa shape index (κ3) is 3.64. The first-order valence-corrected chi connectivity index (χ1v) is 7.61. The molecule has 1 aromatic carbocycles. The van der Waals surface area contributed by atoms with Crippen LogP contribution in [-0.2, 0) is 0 Å². The number of nitrogens with one attached hydrogen (secondary N) is 1. The molecule has 0 saturated carbocycles. The minimum atomic E-state index is 0.185. The SMILES string of the molecule is CCNC(C)c1ccc(N2CCCN(C)CC2)cc1O. The summed E-state index contributed by atoms with van der Waals surface area (Å²) in [6.07, 6.45) is 1.17. The van der Waals surface area contributed by atoms with Crippen LogP contribution in [0.5, 0.6) is 5.75 Å². The van der Waals surface area contributed by atoms with E-state index in [-0.39, 0.29) is 6.04 Å². The standard InChI is InChI=1S/C16H27N3O/c1-4-17-13(2)15-7-6-14(12-16(15)20)19-9-5-8-18(3)10-11-19/h6-7,12-13,17,20H,4-5,8-11H2,1-3H3. The van der Waals surface area contributed by atoms with Crippen LogP contribution in [-0.4, -0.2) is 49.8 Å². The van der Waals surface area contributed by atoms with Gasteiger partial charge >= 0.3 is 0 Å². The van der Waals surface area contributed by atoms with Crippen LogP contribution < -0.4 is 10.2 Å². The molecule has 0 spiro atoms. The number of anilines is 1. The van der Waals surface area contributed by atoms with Crippen molar-refractivity contribution < 1.29 is 5.11 Å². The lowest BCUT2D eigenvalue weighted by Crippen LogP contribution is -2.28. The van der Waals surface area contributed by atoms with Crippen molar-refractivity contribution in [3.8, 4) is 5.75 Å². The van der Waals surface area contributed by atoms with Gasteiger partial charge in [-0.1, -0.05) is 13.0 Å². The van der Waals surface area contributed by atoms with E-state index in [0.717, 1.165) is 44.0 Å². The summed E-state index contributed by atoms with van der Waals surface area (Å²) in [6, 6.07) is 6.28. The normalized spacial score (nSPS) is 18.9. The first-order valence-electron chi connectivity index (χ1n) is 7.61. The van der Waals surface area contributed by atoms with E-state index in [4.69, 9.17) is 0 Å². The number of hydrogen-bond donors (Lipinski definition) is 2. The zero-order valence-corrected chi connectivity index (χ0v) is 12.9. The van der Waals surface area contributed by atoms with Crippen molar-refractivity contribution in [2.45, 2.75) is 26.3 Å². The number of phenolic OH excluding ortho intramolecular Hbond substituents is 1. The second-order valence-corrected chi connectivity index (χ2v) is 5.67. The summed E-state index contributed by atoms with van der Waals surface area (Å²) in [6.45, 7) is 9.38. The molecule has 0 aliphatic carbocycles. The van der Waals surface area contributed by atoms with Crippen LogP contribution in [0.1, 0.15) is 31.9 Å². The van der Waals surface area contributed by atoms with Crippen molar-refractivity contribution in [2.75, 3.05) is 44.7 Å². The number of hydrogen-bond acceptors (Lipinski definition) is 4. The Kier molecular flexibility index (Phi) is 5.26. The third-order valence-corrected chi connectivity index (χ3v) is 4.08. The Bertz CT molecular complexity index is 436. The second-order valence-electron chi connectivity index (χ2n) is 5.67. The molecule has 1 fully saturated rings. The van der Waals surface area contributed by atoms with Crippen molar-refractivity contribution in [3.05, 3.63) is 23.8 Å². The van der Waals surface area contributed by atoms with Crippen LogP contribution >= 0.6 is 0 Å². The largest absolute Gasteiger partial charge is 0.508 e. The van der Waals surface area contributed by atoms with Crippen LogP contribution in [0, 0.1) is 0 Å². The second kappa shape index (κ2) is 6.95. The Morgan fingerprint density at radius 2 is 2.05 bits per heavy atom. The summed E-state index contributed by atoms with van der Waals surface area (Å²) < 4.78 is 0. The Labute approximate surface area is 122 Å². The first-order chi connectivity index (χ1) is 9.61. The van der Waals surface area contributed by atoms with Gasteiger partial charge in [0.15, 0.2) is 0 Å². The topological polar surface area (TPSA) is 38.7 Å². The van der Waals surface area contributed by atoms with Gasteiger partial charge in [-0.3, -0.25) is 0 Å². The molecule has 0 radical (unpaired) electrons. The van der Waals surface area contributed by atoms with Crippen molar-refractivity contribution in [2.24, 2.45) is 0 Å². The maximum absolute atomic E-state index is 10.3. The van der Waals surface area contributed by atoms with Gasteiger partial charge in [0.1, 0.15) is 5.75 Å². The van der Waals surface area contributed by atoms with Crippen LogP contribution in [0.25, 0.3) is 0 Å². The Morgan fingerprint density at radius 1 is 1.25 bits per heavy atom. The fourth-order valence-electron chi connectivity index (χ4n) is 2.82. The summed E-state index contributed by atoms with van der Waals surface area (Å²) >= 11 is 0. The quantitative estimate of drug-likeness (QED) is 0.885. The molecular weight excluding hydrogens is 250 g/mol. The fourth-order valence-corrected chi connectivity index (χ4v) is 2.82. The van der Waals surface area contributed by atoms with E-state index in [9.17, 15) is 5.11 Å². The smallest absolute Gasteiger partial charge is 0.122 e. The van der Waals surface area contributed by atoms with Crippen LogP contribution in [0.15, 0.2) is 18.2 Å². The van der Waals surface area contributed by atoms with E-state index in [0.29, 0.717) is 5.75 Å². The molecule has 2 N–H and O–H groups in total. The molecule has 20 heavy (non-hydrogen) atoms. The Hall–Kier alpha value is -1.26. The highest BCUT2D eigenvalue weighted by Gasteiger charge is 2.15. The van der Waals surface area contributed by atoms with Crippen molar-refractivity contribution in [1.29, 1.82) is 0 Å². The summed E-state index contributed by atoms with van der Waals surface area (Å²) in [4.78, 5) is 4.73. The van der Waals surface area contributed by atoms with Crippen molar-refractivity contribution in [1.82, 2.24) is 10.2 Å². The van der Waals surface area contributed by atoms with E-state index in [1.165, 1.54) is 6.42 Å². The minimum absolute atomic E-state index is 0.185. The van der Waals surface area contributed by atoms with E-state index >= 15 is 0 Å². The third-order valence-electron chi connectivity index (χ3n) is 4.08. The molecule has 1 aromatic rings. The average molecular weight is 277 g/mol. The van der Waals surface area contributed by atoms with Crippen LogP contribution in [0.3, 0.4) is 0 Å². The first kappa shape index (κ1) is 15.1. The Balaban J connectivity index is 2.11. The van der Waals surface area contributed by atoms with Gasteiger partial charge in [-0.05, 0) is 39.5 Å². The van der Waals surface area contributed by atoms with Gasteiger partial charge in [-0.15, -0.1) is 0 Å². The van der Waals surface area contributed by atoms with Crippen molar-refractivity contribution >= 4 is 5.69 Å². The highest BCUT2D eigenvalue weighted by molar-refractivity contribution is 5.54. The molecular formula is C16H27N3O. The number of benzene rings is 1. The molecule has 4 heteroatoms. The highest BCUT2D eigenvalue weighted by Crippen LogP contribution is 2.29. The minimum Gasteiger partial charge on any atom is -0.508 e. The van der Waals surface area contributed by atoms with Gasteiger partial charge in [0.2, 0.25) is 0 Å². The zero-order valence-electron chi connectivity index (χ0n) is 12.9. The van der Waals surface area contributed by atoms with Gasteiger partial charge < -0.3 is 20.2 Å². The fraction of sp³-hybridized carbons (Fsp3) is 0.625. The molecule has 112 valence electrons.